The summed E-state index contributed by atoms with van der Waals surface area (Å²) in [6.45, 7) is 4.30. The highest BCUT2D eigenvalue weighted by Gasteiger charge is 2.00. The molecule has 0 atom stereocenters. The largest absolute Gasteiger partial charge is 0.376 e. The molecule has 2 rings (SSSR count). The maximum Gasteiger partial charge on any atom is 0.259 e. The number of anilines is 1. The van der Waals surface area contributed by atoms with E-state index in [-0.39, 0.29) is 12.5 Å². The molecule has 0 bridgehead atoms. The van der Waals surface area contributed by atoms with Gasteiger partial charge in [-0.15, -0.1) is 0 Å². The molecule has 0 aliphatic heterocycles. The van der Waals surface area contributed by atoms with Gasteiger partial charge in [0.1, 0.15) is 0 Å². The monoisotopic (exact) mass is 281 g/mol. The minimum absolute atomic E-state index is 0.180. The Hall–Kier alpha value is -2.62. The van der Waals surface area contributed by atoms with Crippen LogP contribution in [-0.2, 0) is 4.79 Å². The maximum absolute atomic E-state index is 11.7. The van der Waals surface area contributed by atoms with Crippen LogP contribution in [0.1, 0.15) is 16.7 Å². The topological polar surface area (TPSA) is 53.5 Å². The van der Waals surface area contributed by atoms with E-state index in [1.54, 1.807) is 6.21 Å². The van der Waals surface area contributed by atoms with Gasteiger partial charge in [0.15, 0.2) is 0 Å². The zero-order valence-corrected chi connectivity index (χ0v) is 12.3. The van der Waals surface area contributed by atoms with Crippen molar-refractivity contribution in [2.75, 3.05) is 11.9 Å². The van der Waals surface area contributed by atoms with Gasteiger partial charge in [0.05, 0.1) is 12.8 Å². The summed E-state index contributed by atoms with van der Waals surface area (Å²) in [5, 5.41) is 7.00. The van der Waals surface area contributed by atoms with Gasteiger partial charge in [-0.25, -0.2) is 5.43 Å². The summed E-state index contributed by atoms with van der Waals surface area (Å²) in [7, 11) is 0. The number of carbonyl (C=O) groups is 1. The molecule has 2 aromatic carbocycles. The van der Waals surface area contributed by atoms with Crippen LogP contribution in [0.4, 0.5) is 5.69 Å². The lowest BCUT2D eigenvalue weighted by Gasteiger charge is -2.07. The van der Waals surface area contributed by atoms with Gasteiger partial charge in [0.2, 0.25) is 0 Å². The Labute approximate surface area is 124 Å². The van der Waals surface area contributed by atoms with Gasteiger partial charge in [-0.2, -0.15) is 5.10 Å². The summed E-state index contributed by atoms with van der Waals surface area (Å²) in [5.74, 6) is -0.180. The molecule has 4 heteroatoms. The second kappa shape index (κ2) is 7.24. The smallest absolute Gasteiger partial charge is 0.259 e. The van der Waals surface area contributed by atoms with Crippen molar-refractivity contribution in [1.82, 2.24) is 5.43 Å². The van der Waals surface area contributed by atoms with E-state index in [0.717, 1.165) is 11.3 Å². The number of amides is 1. The number of rotatable bonds is 5. The molecular weight excluding hydrogens is 262 g/mol. The average molecular weight is 281 g/mol. The van der Waals surface area contributed by atoms with Gasteiger partial charge < -0.3 is 5.32 Å². The Kier molecular flexibility index (Phi) is 5.10. The van der Waals surface area contributed by atoms with Crippen LogP contribution in [0.3, 0.4) is 0 Å². The summed E-state index contributed by atoms with van der Waals surface area (Å²) >= 11 is 0. The first-order valence-corrected chi connectivity index (χ1v) is 6.83. The van der Waals surface area contributed by atoms with Crippen LogP contribution in [0, 0.1) is 13.8 Å². The molecule has 0 saturated carbocycles. The van der Waals surface area contributed by atoms with E-state index < -0.39 is 0 Å². The first kappa shape index (κ1) is 14.8. The molecule has 0 aliphatic rings. The van der Waals surface area contributed by atoms with Crippen LogP contribution in [0.25, 0.3) is 0 Å². The lowest BCUT2D eigenvalue weighted by molar-refractivity contribution is -0.119. The van der Waals surface area contributed by atoms with Crippen molar-refractivity contribution in [3.8, 4) is 0 Å². The van der Waals surface area contributed by atoms with Crippen LogP contribution in [0.5, 0.6) is 0 Å². The molecule has 21 heavy (non-hydrogen) atoms. The zero-order chi connectivity index (χ0) is 15.1. The number of nitrogens with one attached hydrogen (secondary N) is 2. The van der Waals surface area contributed by atoms with Crippen molar-refractivity contribution < 1.29 is 4.79 Å². The number of hydrogen-bond donors (Lipinski definition) is 2. The van der Waals surface area contributed by atoms with Crippen molar-refractivity contribution in [2.24, 2.45) is 5.10 Å². The molecule has 0 unspecified atom stereocenters. The predicted octanol–water partition coefficient (Wildman–Crippen LogP) is 2.87. The van der Waals surface area contributed by atoms with Crippen LogP contribution in [0.2, 0.25) is 0 Å². The summed E-state index contributed by atoms with van der Waals surface area (Å²) in [6.07, 6.45) is 1.62. The van der Waals surface area contributed by atoms with E-state index in [2.05, 4.69) is 22.8 Å². The van der Waals surface area contributed by atoms with Crippen LogP contribution in [-0.4, -0.2) is 18.7 Å². The van der Waals surface area contributed by atoms with Crippen molar-refractivity contribution in [2.45, 2.75) is 13.8 Å². The van der Waals surface area contributed by atoms with Gasteiger partial charge in [-0.05, 0) is 42.7 Å². The van der Waals surface area contributed by atoms with Crippen molar-refractivity contribution in [3.05, 3.63) is 65.2 Å². The van der Waals surface area contributed by atoms with Gasteiger partial charge in [0.25, 0.3) is 5.91 Å². The van der Waals surface area contributed by atoms with E-state index in [1.807, 2.05) is 55.5 Å². The fourth-order valence-corrected chi connectivity index (χ4v) is 1.79. The average Bonchev–Trinajstić information content (AvgIpc) is 2.49. The van der Waals surface area contributed by atoms with Crippen molar-refractivity contribution in [1.29, 1.82) is 0 Å². The minimum Gasteiger partial charge on any atom is -0.376 e. The number of aryl methyl sites for hydroxylation is 2. The van der Waals surface area contributed by atoms with Gasteiger partial charge in [0, 0.05) is 5.69 Å². The summed E-state index contributed by atoms with van der Waals surface area (Å²) < 4.78 is 0. The van der Waals surface area contributed by atoms with Crippen molar-refractivity contribution in [3.63, 3.8) is 0 Å². The lowest BCUT2D eigenvalue weighted by atomic mass is 10.1. The van der Waals surface area contributed by atoms with E-state index in [9.17, 15) is 4.79 Å². The molecule has 2 aromatic rings. The second-order valence-electron chi connectivity index (χ2n) is 4.86. The quantitative estimate of drug-likeness (QED) is 0.654. The molecule has 0 heterocycles. The molecular formula is C17H19N3O. The third-order valence-electron chi connectivity index (χ3n) is 3.16. The maximum atomic E-state index is 11.7. The van der Waals surface area contributed by atoms with Crippen LogP contribution < -0.4 is 10.7 Å². The number of benzene rings is 2. The zero-order valence-electron chi connectivity index (χ0n) is 12.3. The number of nitrogens with zero attached hydrogens (tertiary/aromatic N) is 1. The predicted molar refractivity (Wildman–Crippen MR) is 86.6 cm³/mol. The normalized spacial score (nSPS) is 10.6. The SMILES string of the molecule is Cc1ccc(NCC(=O)N/N=C\c2ccccc2)cc1C. The Bertz CT molecular complexity index is 636. The Morgan fingerprint density at radius 2 is 1.86 bits per heavy atom. The molecule has 0 aromatic heterocycles. The van der Waals surface area contributed by atoms with Gasteiger partial charge in [-0.3, -0.25) is 4.79 Å². The van der Waals surface area contributed by atoms with Gasteiger partial charge >= 0.3 is 0 Å². The molecule has 108 valence electrons. The summed E-state index contributed by atoms with van der Waals surface area (Å²) in [5.41, 5.74) is 6.80. The highest BCUT2D eigenvalue weighted by Crippen LogP contribution is 2.13. The molecule has 2 N–H and O–H groups in total. The third-order valence-corrected chi connectivity index (χ3v) is 3.16. The highest BCUT2D eigenvalue weighted by molar-refractivity contribution is 5.84. The molecule has 0 spiro atoms. The lowest BCUT2D eigenvalue weighted by Crippen LogP contribution is -2.25. The van der Waals surface area contributed by atoms with Crippen LogP contribution >= 0.6 is 0 Å². The molecule has 0 fully saturated rings. The third kappa shape index (κ3) is 4.76. The van der Waals surface area contributed by atoms with Crippen molar-refractivity contribution >= 4 is 17.8 Å². The second-order valence-corrected chi connectivity index (χ2v) is 4.86. The Balaban J connectivity index is 1.79. The molecule has 0 saturated heterocycles. The highest BCUT2D eigenvalue weighted by atomic mass is 16.2. The van der Waals surface area contributed by atoms with E-state index in [4.69, 9.17) is 0 Å². The van der Waals surface area contributed by atoms with Crippen LogP contribution in [0.15, 0.2) is 53.6 Å². The Morgan fingerprint density at radius 3 is 2.57 bits per heavy atom. The summed E-state index contributed by atoms with van der Waals surface area (Å²) in [4.78, 5) is 11.7. The molecule has 4 nitrogen and oxygen atoms in total. The fraction of sp³-hybridized carbons (Fsp3) is 0.176. The first-order valence-electron chi connectivity index (χ1n) is 6.83. The van der Waals surface area contributed by atoms with E-state index in [1.165, 1.54) is 11.1 Å². The number of hydrazone groups is 1. The number of hydrogen-bond acceptors (Lipinski definition) is 3. The van der Waals surface area contributed by atoms with E-state index in [0.29, 0.717) is 0 Å². The fourth-order valence-electron chi connectivity index (χ4n) is 1.79. The standard InChI is InChI=1S/C17H19N3O/c1-13-8-9-16(10-14(13)2)18-12-17(21)20-19-11-15-6-4-3-5-7-15/h3-11,18H,12H2,1-2H3,(H,20,21)/b19-11-. The molecule has 1 amide bonds. The minimum atomic E-state index is -0.180. The summed E-state index contributed by atoms with van der Waals surface area (Å²) in [6, 6.07) is 15.6. The van der Waals surface area contributed by atoms with E-state index >= 15 is 0 Å². The molecule has 0 aliphatic carbocycles. The number of carbonyl (C=O) groups excluding carboxylic acids is 1. The Morgan fingerprint density at radius 1 is 1.10 bits per heavy atom. The first-order chi connectivity index (χ1) is 10.1. The molecule has 0 radical (unpaired) electrons. The van der Waals surface area contributed by atoms with Gasteiger partial charge in [-0.1, -0.05) is 36.4 Å².